The van der Waals surface area contributed by atoms with E-state index in [1.54, 1.807) is 0 Å². The lowest BCUT2D eigenvalue weighted by molar-refractivity contribution is 0.0990. The van der Waals surface area contributed by atoms with Crippen LogP contribution in [0.2, 0.25) is 0 Å². The molecule has 0 heterocycles. The normalized spacial score (nSPS) is 14.9. The quantitative estimate of drug-likeness (QED) is 0.867. The molecule has 18 heavy (non-hydrogen) atoms. The fourth-order valence-electron chi connectivity index (χ4n) is 2.49. The second kappa shape index (κ2) is 5.51. The molecule has 0 aromatic heterocycles. The van der Waals surface area contributed by atoms with Crippen LogP contribution >= 0.6 is 0 Å². The molecule has 96 valence electrons. The third kappa shape index (κ3) is 2.40. The first-order chi connectivity index (χ1) is 8.65. The Morgan fingerprint density at radius 2 is 1.72 bits per heavy atom. The summed E-state index contributed by atoms with van der Waals surface area (Å²) in [4.78, 5) is 0. The number of benzene rings is 2. The third-order valence-electron chi connectivity index (χ3n) is 3.57. The Balaban J connectivity index is 2.51. The highest BCUT2D eigenvalue weighted by Crippen LogP contribution is 2.29. The van der Waals surface area contributed by atoms with Crippen molar-refractivity contribution in [1.82, 2.24) is 0 Å². The minimum absolute atomic E-state index is 0.00361. The van der Waals surface area contributed by atoms with Gasteiger partial charge >= 0.3 is 0 Å². The van der Waals surface area contributed by atoms with Crippen LogP contribution in [0.3, 0.4) is 0 Å². The first-order valence-electron chi connectivity index (χ1n) is 6.51. The molecule has 0 bridgehead atoms. The largest absolute Gasteiger partial charge is 0.392 e. The van der Waals surface area contributed by atoms with Crippen LogP contribution < -0.4 is 5.73 Å². The van der Waals surface area contributed by atoms with E-state index >= 15 is 0 Å². The molecule has 0 fully saturated rings. The smallest absolute Gasteiger partial charge is 0.0643 e. The summed E-state index contributed by atoms with van der Waals surface area (Å²) in [6.45, 7) is 4.52. The number of aliphatic hydroxyl groups excluding tert-OH is 1. The van der Waals surface area contributed by atoms with Gasteiger partial charge in [0.2, 0.25) is 0 Å². The number of rotatable bonds is 4. The maximum Gasteiger partial charge on any atom is 0.0643 e. The van der Waals surface area contributed by atoms with Crippen LogP contribution in [0.1, 0.15) is 25.3 Å². The number of hydrogen-bond donors (Lipinski definition) is 2. The standard InChI is InChI=1S/C16H21NO/c1-11(2)16(18)15(10-17)14-9-5-7-12-6-3-4-8-13(12)14/h3-9,11,15-16,18H,10,17H2,1-2H3. The van der Waals surface area contributed by atoms with Gasteiger partial charge in [-0.15, -0.1) is 0 Å². The molecule has 0 radical (unpaired) electrons. The van der Waals surface area contributed by atoms with Crippen LogP contribution in [0, 0.1) is 5.92 Å². The van der Waals surface area contributed by atoms with E-state index in [1.165, 1.54) is 10.8 Å². The highest BCUT2D eigenvalue weighted by molar-refractivity contribution is 5.86. The van der Waals surface area contributed by atoms with Crippen LogP contribution in [0.4, 0.5) is 0 Å². The summed E-state index contributed by atoms with van der Waals surface area (Å²) >= 11 is 0. The van der Waals surface area contributed by atoms with E-state index < -0.39 is 6.10 Å². The Hall–Kier alpha value is -1.38. The van der Waals surface area contributed by atoms with Crippen molar-refractivity contribution in [3.05, 3.63) is 48.0 Å². The highest BCUT2D eigenvalue weighted by Gasteiger charge is 2.23. The molecule has 0 amide bonds. The number of fused-ring (bicyclic) bond motifs is 1. The van der Waals surface area contributed by atoms with E-state index in [2.05, 4.69) is 24.3 Å². The van der Waals surface area contributed by atoms with Gasteiger partial charge in [-0.25, -0.2) is 0 Å². The van der Waals surface area contributed by atoms with E-state index in [1.807, 2.05) is 32.0 Å². The average Bonchev–Trinajstić information content (AvgIpc) is 2.39. The zero-order chi connectivity index (χ0) is 13.1. The molecule has 0 spiro atoms. The maximum absolute atomic E-state index is 10.3. The van der Waals surface area contributed by atoms with Crippen LogP contribution in [-0.2, 0) is 0 Å². The van der Waals surface area contributed by atoms with Gasteiger partial charge in [-0.05, 0) is 22.3 Å². The fourth-order valence-corrected chi connectivity index (χ4v) is 2.49. The zero-order valence-electron chi connectivity index (χ0n) is 11.0. The summed E-state index contributed by atoms with van der Waals surface area (Å²) in [6.07, 6.45) is -0.402. The number of aliphatic hydroxyl groups is 1. The van der Waals surface area contributed by atoms with Crippen molar-refractivity contribution >= 4 is 10.8 Å². The van der Waals surface area contributed by atoms with Gasteiger partial charge in [-0.1, -0.05) is 56.3 Å². The molecule has 2 unspecified atom stereocenters. The average molecular weight is 243 g/mol. The van der Waals surface area contributed by atoms with Crippen LogP contribution in [-0.4, -0.2) is 17.8 Å². The molecular formula is C16H21NO. The molecule has 2 rings (SSSR count). The second-order valence-electron chi connectivity index (χ2n) is 5.15. The minimum Gasteiger partial charge on any atom is -0.392 e. The van der Waals surface area contributed by atoms with Crippen LogP contribution in [0.25, 0.3) is 10.8 Å². The molecule has 0 saturated carbocycles. The van der Waals surface area contributed by atoms with Crippen LogP contribution in [0.5, 0.6) is 0 Å². The highest BCUT2D eigenvalue weighted by atomic mass is 16.3. The molecule has 0 saturated heterocycles. The van der Waals surface area contributed by atoms with Gasteiger partial charge in [-0.2, -0.15) is 0 Å². The summed E-state index contributed by atoms with van der Waals surface area (Å²) in [6, 6.07) is 14.4. The van der Waals surface area contributed by atoms with Crippen LogP contribution in [0.15, 0.2) is 42.5 Å². The molecule has 0 aliphatic rings. The predicted octanol–water partition coefficient (Wildman–Crippen LogP) is 2.90. The summed E-state index contributed by atoms with van der Waals surface area (Å²) in [5.74, 6) is 0.202. The summed E-state index contributed by atoms with van der Waals surface area (Å²) in [7, 11) is 0. The monoisotopic (exact) mass is 243 g/mol. The van der Waals surface area contributed by atoms with Crippen molar-refractivity contribution in [1.29, 1.82) is 0 Å². The van der Waals surface area contributed by atoms with Crippen molar-refractivity contribution < 1.29 is 5.11 Å². The maximum atomic E-state index is 10.3. The summed E-state index contributed by atoms with van der Waals surface area (Å²) < 4.78 is 0. The molecule has 3 N–H and O–H groups in total. The molecule has 2 heteroatoms. The van der Waals surface area contributed by atoms with Gasteiger partial charge in [0.15, 0.2) is 0 Å². The summed E-state index contributed by atoms with van der Waals surface area (Å²) in [5, 5.41) is 12.7. The lowest BCUT2D eigenvalue weighted by atomic mass is 9.85. The van der Waals surface area contributed by atoms with E-state index in [-0.39, 0.29) is 11.8 Å². The predicted molar refractivity (Wildman–Crippen MR) is 76.6 cm³/mol. The van der Waals surface area contributed by atoms with Gasteiger partial charge in [0.1, 0.15) is 0 Å². The van der Waals surface area contributed by atoms with Gasteiger partial charge < -0.3 is 10.8 Å². The molecular weight excluding hydrogens is 222 g/mol. The number of hydrogen-bond acceptors (Lipinski definition) is 2. The lowest BCUT2D eigenvalue weighted by Crippen LogP contribution is -2.30. The van der Waals surface area contributed by atoms with Crippen molar-refractivity contribution in [2.75, 3.05) is 6.54 Å². The molecule has 2 aromatic rings. The molecule has 2 nitrogen and oxygen atoms in total. The first-order valence-corrected chi connectivity index (χ1v) is 6.51. The Labute approximate surface area is 108 Å². The Morgan fingerprint density at radius 1 is 1.06 bits per heavy atom. The Kier molecular flexibility index (Phi) is 4.00. The van der Waals surface area contributed by atoms with Crippen molar-refractivity contribution in [2.24, 2.45) is 11.7 Å². The van der Waals surface area contributed by atoms with Gasteiger partial charge in [0.25, 0.3) is 0 Å². The van der Waals surface area contributed by atoms with Crippen molar-refractivity contribution in [2.45, 2.75) is 25.9 Å². The minimum atomic E-state index is -0.402. The summed E-state index contributed by atoms with van der Waals surface area (Å²) in [5.41, 5.74) is 7.02. The van der Waals surface area contributed by atoms with Crippen molar-refractivity contribution in [3.63, 3.8) is 0 Å². The molecule has 2 aromatic carbocycles. The number of nitrogens with two attached hydrogens (primary N) is 1. The Bertz CT molecular complexity index is 516. The first kappa shape index (κ1) is 13.1. The SMILES string of the molecule is CC(C)C(O)C(CN)c1cccc2ccccc12. The molecule has 2 atom stereocenters. The zero-order valence-corrected chi connectivity index (χ0v) is 11.0. The van der Waals surface area contributed by atoms with Gasteiger partial charge in [0.05, 0.1) is 6.10 Å². The Morgan fingerprint density at radius 3 is 2.39 bits per heavy atom. The lowest BCUT2D eigenvalue weighted by Gasteiger charge is -2.26. The van der Waals surface area contributed by atoms with Gasteiger partial charge in [0, 0.05) is 12.5 Å². The second-order valence-corrected chi connectivity index (χ2v) is 5.15. The van der Waals surface area contributed by atoms with E-state index in [4.69, 9.17) is 5.73 Å². The fraction of sp³-hybridized carbons (Fsp3) is 0.375. The van der Waals surface area contributed by atoms with E-state index in [9.17, 15) is 5.11 Å². The topological polar surface area (TPSA) is 46.2 Å². The van der Waals surface area contributed by atoms with Gasteiger partial charge in [-0.3, -0.25) is 0 Å². The van der Waals surface area contributed by atoms with Crippen molar-refractivity contribution in [3.8, 4) is 0 Å². The van der Waals surface area contributed by atoms with E-state index in [0.717, 1.165) is 5.56 Å². The molecule has 0 aliphatic carbocycles. The molecule has 0 aliphatic heterocycles. The third-order valence-corrected chi connectivity index (χ3v) is 3.57. The van der Waals surface area contributed by atoms with E-state index in [0.29, 0.717) is 6.54 Å².